The van der Waals surface area contributed by atoms with Gasteiger partial charge in [-0.15, -0.1) is 0 Å². The fourth-order valence-corrected chi connectivity index (χ4v) is 2.13. The third kappa shape index (κ3) is 4.20. The molecule has 0 radical (unpaired) electrons. The molecule has 4 heteroatoms. The summed E-state index contributed by atoms with van der Waals surface area (Å²) in [4.78, 5) is 0. The molecule has 0 saturated carbocycles. The van der Waals surface area contributed by atoms with Crippen LogP contribution >= 0.6 is 0 Å². The van der Waals surface area contributed by atoms with Crippen LogP contribution < -0.4 is 5.32 Å². The molecular weight excluding hydrogens is 254 g/mol. The highest BCUT2D eigenvalue weighted by Crippen LogP contribution is 2.18. The predicted molar refractivity (Wildman–Crippen MR) is 77.2 cm³/mol. The van der Waals surface area contributed by atoms with Crippen molar-refractivity contribution >= 4 is 0 Å². The van der Waals surface area contributed by atoms with E-state index in [4.69, 9.17) is 4.42 Å². The van der Waals surface area contributed by atoms with Crippen LogP contribution in [0.1, 0.15) is 29.6 Å². The van der Waals surface area contributed by atoms with Crippen molar-refractivity contribution in [3.63, 3.8) is 0 Å². The first-order valence-electron chi connectivity index (χ1n) is 6.81. The smallest absolute Gasteiger partial charge is 0.117 e. The molecule has 0 spiro atoms. The molecule has 2 aromatic rings. The van der Waals surface area contributed by atoms with Crippen LogP contribution in [-0.4, -0.2) is 22.9 Å². The van der Waals surface area contributed by atoms with E-state index < -0.39 is 6.10 Å². The van der Waals surface area contributed by atoms with Crippen molar-refractivity contribution in [1.29, 1.82) is 0 Å². The molecule has 1 heterocycles. The highest BCUT2D eigenvalue weighted by Gasteiger charge is 2.15. The lowest BCUT2D eigenvalue weighted by Gasteiger charge is -2.19. The number of aliphatic hydroxyl groups is 2. The lowest BCUT2D eigenvalue weighted by Crippen LogP contribution is -2.33. The van der Waals surface area contributed by atoms with Crippen molar-refractivity contribution in [2.24, 2.45) is 0 Å². The summed E-state index contributed by atoms with van der Waals surface area (Å²) in [7, 11) is 0. The molecule has 0 bridgehead atoms. The number of hydrogen-bond donors (Lipinski definition) is 3. The third-order valence-electron chi connectivity index (χ3n) is 3.27. The van der Waals surface area contributed by atoms with Crippen LogP contribution in [0.15, 0.2) is 46.9 Å². The second kappa shape index (κ2) is 7.24. The fourth-order valence-electron chi connectivity index (χ4n) is 2.13. The summed E-state index contributed by atoms with van der Waals surface area (Å²) in [5.74, 6) is 1.70. The Morgan fingerprint density at radius 1 is 1.15 bits per heavy atom. The lowest BCUT2D eigenvalue weighted by atomic mass is 10.0. The Kier molecular flexibility index (Phi) is 5.35. The molecule has 0 aliphatic carbocycles. The van der Waals surface area contributed by atoms with Crippen LogP contribution in [0, 0.1) is 6.92 Å². The Hall–Kier alpha value is -1.62. The number of hydrogen-bond acceptors (Lipinski definition) is 4. The highest BCUT2D eigenvalue weighted by molar-refractivity contribution is 5.17. The summed E-state index contributed by atoms with van der Waals surface area (Å²) < 4.78 is 5.46. The number of benzene rings is 1. The molecule has 108 valence electrons. The second-order valence-corrected chi connectivity index (χ2v) is 4.93. The summed E-state index contributed by atoms with van der Waals surface area (Å²) >= 11 is 0. The average Bonchev–Trinajstić information content (AvgIpc) is 2.89. The SMILES string of the molecule is Cc1ccc(CN[C@H](CO)C[C@@H](O)c2ccccc2)o1. The molecule has 0 aliphatic rings. The molecule has 3 N–H and O–H groups in total. The number of aryl methyl sites for hydroxylation is 1. The second-order valence-electron chi connectivity index (χ2n) is 4.93. The molecule has 1 aromatic carbocycles. The monoisotopic (exact) mass is 275 g/mol. The standard InChI is InChI=1S/C16H21NO3/c1-12-7-8-15(20-12)10-17-14(11-18)9-16(19)13-5-3-2-4-6-13/h2-8,14,16-19H,9-11H2,1H3/t14-,16+/m0/s1. The minimum Gasteiger partial charge on any atom is -0.465 e. The van der Waals surface area contributed by atoms with E-state index in [1.165, 1.54) is 0 Å². The molecule has 0 aliphatic heterocycles. The van der Waals surface area contributed by atoms with Crippen LogP contribution in [0.25, 0.3) is 0 Å². The quantitative estimate of drug-likeness (QED) is 0.724. The van der Waals surface area contributed by atoms with E-state index in [1.807, 2.05) is 49.4 Å². The zero-order chi connectivity index (χ0) is 14.4. The van der Waals surface area contributed by atoms with Crippen LogP contribution in [0.5, 0.6) is 0 Å². The van der Waals surface area contributed by atoms with Crippen LogP contribution in [0.2, 0.25) is 0 Å². The normalized spacial score (nSPS) is 14.2. The molecule has 4 nitrogen and oxygen atoms in total. The van der Waals surface area contributed by atoms with E-state index in [-0.39, 0.29) is 12.6 Å². The first-order chi connectivity index (χ1) is 9.69. The zero-order valence-electron chi connectivity index (χ0n) is 11.6. The van der Waals surface area contributed by atoms with Crippen LogP contribution in [0.3, 0.4) is 0 Å². The predicted octanol–water partition coefficient (Wildman–Crippen LogP) is 2.16. The molecule has 2 atom stereocenters. The van der Waals surface area contributed by atoms with Gasteiger partial charge in [-0.05, 0) is 31.0 Å². The van der Waals surface area contributed by atoms with Gasteiger partial charge in [0.2, 0.25) is 0 Å². The van der Waals surface area contributed by atoms with E-state index in [0.29, 0.717) is 13.0 Å². The molecule has 0 unspecified atom stereocenters. The minimum atomic E-state index is -0.584. The van der Waals surface area contributed by atoms with Crippen molar-refractivity contribution in [3.05, 3.63) is 59.5 Å². The van der Waals surface area contributed by atoms with Crippen LogP contribution in [0.4, 0.5) is 0 Å². The Morgan fingerprint density at radius 3 is 2.50 bits per heavy atom. The van der Waals surface area contributed by atoms with Gasteiger partial charge in [0.1, 0.15) is 11.5 Å². The number of furan rings is 1. The van der Waals surface area contributed by atoms with Gasteiger partial charge in [-0.2, -0.15) is 0 Å². The van der Waals surface area contributed by atoms with Gasteiger partial charge in [-0.25, -0.2) is 0 Å². The van der Waals surface area contributed by atoms with Crippen molar-refractivity contribution in [2.45, 2.75) is 32.0 Å². The van der Waals surface area contributed by atoms with Crippen molar-refractivity contribution in [3.8, 4) is 0 Å². The molecule has 1 aromatic heterocycles. The Balaban J connectivity index is 1.85. The van der Waals surface area contributed by atoms with Gasteiger partial charge in [0.05, 0.1) is 19.3 Å². The highest BCUT2D eigenvalue weighted by atomic mass is 16.3. The van der Waals surface area contributed by atoms with Gasteiger partial charge >= 0.3 is 0 Å². The molecular formula is C16H21NO3. The summed E-state index contributed by atoms with van der Waals surface area (Å²) in [6, 6.07) is 13.1. The van der Waals surface area contributed by atoms with Crippen molar-refractivity contribution < 1.29 is 14.6 Å². The average molecular weight is 275 g/mol. The van der Waals surface area contributed by atoms with E-state index in [2.05, 4.69) is 5.32 Å². The number of nitrogens with one attached hydrogen (secondary N) is 1. The summed E-state index contributed by atoms with van der Waals surface area (Å²) in [6.07, 6.45) is -0.126. The van der Waals surface area contributed by atoms with Gasteiger partial charge < -0.3 is 19.9 Å². The number of aliphatic hydroxyl groups excluding tert-OH is 2. The van der Waals surface area contributed by atoms with E-state index in [0.717, 1.165) is 17.1 Å². The van der Waals surface area contributed by atoms with Gasteiger partial charge in [0.25, 0.3) is 0 Å². The Bertz CT molecular complexity index is 509. The molecule has 20 heavy (non-hydrogen) atoms. The third-order valence-corrected chi connectivity index (χ3v) is 3.27. The largest absolute Gasteiger partial charge is 0.465 e. The molecule has 0 amide bonds. The van der Waals surface area contributed by atoms with Crippen LogP contribution in [-0.2, 0) is 6.54 Å². The maximum atomic E-state index is 10.1. The van der Waals surface area contributed by atoms with Crippen molar-refractivity contribution in [1.82, 2.24) is 5.32 Å². The zero-order valence-corrected chi connectivity index (χ0v) is 11.6. The van der Waals surface area contributed by atoms with Crippen molar-refractivity contribution in [2.75, 3.05) is 6.61 Å². The Morgan fingerprint density at radius 2 is 1.90 bits per heavy atom. The maximum Gasteiger partial charge on any atom is 0.117 e. The summed E-state index contributed by atoms with van der Waals surface area (Å²) in [5, 5.41) is 22.7. The molecule has 2 rings (SSSR count). The molecule has 0 saturated heterocycles. The first-order valence-corrected chi connectivity index (χ1v) is 6.81. The minimum absolute atomic E-state index is 0.0242. The van der Waals surface area contributed by atoms with Gasteiger partial charge in [0, 0.05) is 6.04 Å². The van der Waals surface area contributed by atoms with Gasteiger partial charge in [0.15, 0.2) is 0 Å². The first kappa shape index (κ1) is 14.8. The summed E-state index contributed by atoms with van der Waals surface area (Å²) in [5.41, 5.74) is 0.863. The van der Waals surface area contributed by atoms with Gasteiger partial charge in [-0.3, -0.25) is 0 Å². The van der Waals surface area contributed by atoms with Gasteiger partial charge in [-0.1, -0.05) is 30.3 Å². The summed E-state index contributed by atoms with van der Waals surface area (Å²) in [6.45, 7) is 2.41. The maximum absolute atomic E-state index is 10.1. The number of rotatable bonds is 7. The fraction of sp³-hybridized carbons (Fsp3) is 0.375. The Labute approximate surface area is 119 Å². The molecule has 0 fully saturated rings. The van der Waals surface area contributed by atoms with E-state index in [1.54, 1.807) is 0 Å². The van der Waals surface area contributed by atoms with E-state index in [9.17, 15) is 10.2 Å². The van der Waals surface area contributed by atoms with E-state index >= 15 is 0 Å². The topological polar surface area (TPSA) is 65.6 Å². The lowest BCUT2D eigenvalue weighted by molar-refractivity contribution is 0.128.